The summed E-state index contributed by atoms with van der Waals surface area (Å²) < 4.78 is 1.62. The predicted octanol–water partition coefficient (Wildman–Crippen LogP) is 3.33. The van der Waals surface area contributed by atoms with Gasteiger partial charge in [0.2, 0.25) is 0 Å². The van der Waals surface area contributed by atoms with Gasteiger partial charge in [-0.3, -0.25) is 14.3 Å². The molecule has 6 nitrogen and oxygen atoms in total. The Morgan fingerprint density at radius 3 is 2.54 bits per heavy atom. The quantitative estimate of drug-likeness (QED) is 0.781. The number of carbonyl (C=O) groups is 2. The number of hydrogen-bond acceptors (Lipinski definition) is 3. The fourth-order valence-corrected chi connectivity index (χ4v) is 3.35. The summed E-state index contributed by atoms with van der Waals surface area (Å²) in [6.45, 7) is 6.55. The van der Waals surface area contributed by atoms with Crippen molar-refractivity contribution < 1.29 is 9.59 Å². The van der Waals surface area contributed by atoms with Crippen LogP contribution in [-0.2, 0) is 13.1 Å². The van der Waals surface area contributed by atoms with E-state index in [4.69, 9.17) is 23.2 Å². The molecule has 1 aliphatic rings. The van der Waals surface area contributed by atoms with Crippen molar-refractivity contribution in [2.75, 3.05) is 19.6 Å². The molecule has 0 radical (unpaired) electrons. The minimum atomic E-state index is -0.152. The molecule has 1 aromatic carbocycles. The van der Waals surface area contributed by atoms with Gasteiger partial charge in [-0.05, 0) is 31.5 Å². The van der Waals surface area contributed by atoms with Gasteiger partial charge in [0.25, 0.3) is 11.8 Å². The van der Waals surface area contributed by atoms with Gasteiger partial charge < -0.3 is 9.80 Å². The predicted molar refractivity (Wildman–Crippen MR) is 101 cm³/mol. The summed E-state index contributed by atoms with van der Waals surface area (Å²) in [5.41, 5.74) is 1.65. The number of carbonyl (C=O) groups excluding carboxylic acids is 2. The summed E-state index contributed by atoms with van der Waals surface area (Å²) in [4.78, 5) is 28.7. The van der Waals surface area contributed by atoms with Crippen molar-refractivity contribution >= 4 is 35.0 Å². The largest absolute Gasteiger partial charge is 0.338 e. The van der Waals surface area contributed by atoms with Crippen LogP contribution < -0.4 is 0 Å². The van der Waals surface area contributed by atoms with E-state index in [1.165, 1.54) is 0 Å². The third-order valence-electron chi connectivity index (χ3n) is 4.50. The van der Waals surface area contributed by atoms with Gasteiger partial charge in [0, 0.05) is 32.2 Å². The molecule has 0 saturated carbocycles. The second-order valence-electron chi connectivity index (χ2n) is 6.09. The van der Waals surface area contributed by atoms with E-state index in [0.29, 0.717) is 54.2 Å². The lowest BCUT2D eigenvalue weighted by Gasteiger charge is -2.27. The van der Waals surface area contributed by atoms with Crippen molar-refractivity contribution in [2.24, 2.45) is 0 Å². The Hall–Kier alpha value is -2.05. The Morgan fingerprint density at radius 1 is 1.15 bits per heavy atom. The van der Waals surface area contributed by atoms with Crippen molar-refractivity contribution in [2.45, 2.75) is 26.9 Å². The summed E-state index contributed by atoms with van der Waals surface area (Å²) in [5.74, 6) is -0.297. The van der Waals surface area contributed by atoms with Crippen molar-refractivity contribution in [1.82, 2.24) is 19.6 Å². The molecule has 2 aromatic rings. The molecule has 26 heavy (non-hydrogen) atoms. The van der Waals surface area contributed by atoms with Crippen LogP contribution in [0.2, 0.25) is 10.0 Å². The summed E-state index contributed by atoms with van der Waals surface area (Å²) in [7, 11) is 0. The minimum absolute atomic E-state index is 0.145. The lowest BCUT2D eigenvalue weighted by molar-refractivity contribution is 0.0681. The fourth-order valence-electron chi connectivity index (χ4n) is 3.02. The lowest BCUT2D eigenvalue weighted by atomic mass is 10.2. The smallest absolute Gasteiger partial charge is 0.274 e. The van der Waals surface area contributed by atoms with Crippen molar-refractivity contribution in [3.05, 3.63) is 51.3 Å². The molecular formula is C18H20Cl2N4O2. The summed E-state index contributed by atoms with van der Waals surface area (Å²) in [6.07, 6.45) is 0. The van der Waals surface area contributed by atoms with Crippen LogP contribution in [0, 0.1) is 0 Å². The van der Waals surface area contributed by atoms with E-state index in [1.54, 1.807) is 32.7 Å². The SMILES string of the molecule is CCN(CC)C(=O)c1cc2n(n1)CCN(Cc1ccc(Cl)c(Cl)c1)C2=O. The van der Waals surface area contributed by atoms with Crippen molar-refractivity contribution in [3.8, 4) is 0 Å². The highest BCUT2D eigenvalue weighted by molar-refractivity contribution is 6.42. The van der Waals surface area contributed by atoms with E-state index in [1.807, 2.05) is 19.9 Å². The highest BCUT2D eigenvalue weighted by Crippen LogP contribution is 2.24. The van der Waals surface area contributed by atoms with E-state index in [2.05, 4.69) is 5.10 Å². The molecule has 0 saturated heterocycles. The molecule has 1 aliphatic heterocycles. The van der Waals surface area contributed by atoms with Gasteiger partial charge in [-0.1, -0.05) is 29.3 Å². The zero-order chi connectivity index (χ0) is 18.8. The maximum absolute atomic E-state index is 12.8. The third kappa shape index (κ3) is 3.57. The number of aromatic nitrogens is 2. The normalized spacial score (nSPS) is 13.7. The highest BCUT2D eigenvalue weighted by Gasteiger charge is 2.28. The Morgan fingerprint density at radius 2 is 1.88 bits per heavy atom. The van der Waals surface area contributed by atoms with Crippen LogP contribution in [0.15, 0.2) is 24.3 Å². The van der Waals surface area contributed by atoms with E-state index in [9.17, 15) is 9.59 Å². The number of nitrogens with zero attached hydrogens (tertiary/aromatic N) is 4. The molecule has 0 fully saturated rings. The van der Waals surface area contributed by atoms with Crippen LogP contribution in [0.4, 0.5) is 0 Å². The number of amides is 2. The van der Waals surface area contributed by atoms with Gasteiger partial charge in [-0.25, -0.2) is 0 Å². The maximum Gasteiger partial charge on any atom is 0.274 e. The Kier molecular flexibility index (Phi) is 5.53. The average Bonchev–Trinajstić information content (AvgIpc) is 3.06. The molecule has 0 aliphatic carbocycles. The van der Waals surface area contributed by atoms with Crippen LogP contribution in [0.25, 0.3) is 0 Å². The zero-order valence-corrected chi connectivity index (χ0v) is 16.2. The first-order chi connectivity index (χ1) is 12.4. The standard InChI is InChI=1S/C18H20Cl2N4O2/c1-3-22(4-2)17(25)15-10-16-18(26)23(7-8-24(16)21-15)11-12-5-6-13(19)14(20)9-12/h5-6,9-10H,3-4,7-8,11H2,1-2H3. The van der Waals surface area contributed by atoms with Gasteiger partial charge in [-0.2, -0.15) is 5.10 Å². The van der Waals surface area contributed by atoms with Crippen LogP contribution in [0.5, 0.6) is 0 Å². The molecular weight excluding hydrogens is 375 g/mol. The number of fused-ring (bicyclic) bond motifs is 1. The van der Waals surface area contributed by atoms with Gasteiger partial charge in [0.1, 0.15) is 5.69 Å². The molecule has 3 rings (SSSR count). The number of halogens is 2. The molecule has 0 bridgehead atoms. The Balaban J connectivity index is 1.79. The third-order valence-corrected chi connectivity index (χ3v) is 5.23. The van der Waals surface area contributed by atoms with Crippen LogP contribution in [0.1, 0.15) is 40.4 Å². The van der Waals surface area contributed by atoms with Crippen LogP contribution in [0.3, 0.4) is 0 Å². The van der Waals surface area contributed by atoms with Gasteiger partial charge in [0.05, 0.1) is 16.6 Å². The van der Waals surface area contributed by atoms with E-state index >= 15 is 0 Å². The molecule has 2 heterocycles. The van der Waals surface area contributed by atoms with E-state index < -0.39 is 0 Å². The minimum Gasteiger partial charge on any atom is -0.338 e. The van der Waals surface area contributed by atoms with Gasteiger partial charge >= 0.3 is 0 Å². The van der Waals surface area contributed by atoms with Gasteiger partial charge in [-0.15, -0.1) is 0 Å². The first kappa shape index (κ1) is 18.7. The first-order valence-corrected chi connectivity index (χ1v) is 9.30. The fraction of sp³-hybridized carbons (Fsp3) is 0.389. The van der Waals surface area contributed by atoms with E-state index in [0.717, 1.165) is 5.56 Å². The van der Waals surface area contributed by atoms with Crippen LogP contribution in [-0.4, -0.2) is 51.0 Å². The summed E-state index contributed by atoms with van der Waals surface area (Å²) in [5, 5.41) is 5.27. The van der Waals surface area contributed by atoms with Crippen molar-refractivity contribution in [1.29, 1.82) is 0 Å². The lowest BCUT2D eigenvalue weighted by Crippen LogP contribution is -2.39. The molecule has 138 valence electrons. The second-order valence-corrected chi connectivity index (χ2v) is 6.90. The average molecular weight is 395 g/mol. The molecule has 1 aromatic heterocycles. The van der Waals surface area contributed by atoms with Crippen molar-refractivity contribution in [3.63, 3.8) is 0 Å². The monoisotopic (exact) mass is 394 g/mol. The van der Waals surface area contributed by atoms with Crippen LogP contribution >= 0.6 is 23.2 Å². The Bertz CT molecular complexity index is 846. The number of hydrogen-bond donors (Lipinski definition) is 0. The molecule has 0 N–H and O–H groups in total. The zero-order valence-electron chi connectivity index (χ0n) is 14.7. The summed E-state index contributed by atoms with van der Waals surface area (Å²) >= 11 is 12.0. The molecule has 8 heteroatoms. The molecule has 0 atom stereocenters. The van der Waals surface area contributed by atoms with Gasteiger partial charge in [0.15, 0.2) is 5.69 Å². The number of rotatable bonds is 5. The van der Waals surface area contributed by atoms with E-state index in [-0.39, 0.29) is 11.8 Å². The molecule has 0 spiro atoms. The summed E-state index contributed by atoms with van der Waals surface area (Å²) in [6, 6.07) is 6.92. The second kappa shape index (κ2) is 7.68. The highest BCUT2D eigenvalue weighted by atomic mass is 35.5. The first-order valence-electron chi connectivity index (χ1n) is 8.54. The molecule has 0 unspecified atom stereocenters. The topological polar surface area (TPSA) is 58.4 Å². The maximum atomic E-state index is 12.8. The number of benzene rings is 1. The Labute approximate surface area is 162 Å². The molecule has 2 amide bonds.